The van der Waals surface area contributed by atoms with E-state index in [1.807, 2.05) is 14.1 Å². The molecule has 1 atom stereocenters. The Bertz CT molecular complexity index is 488. The fraction of sp³-hybridized carbons (Fsp3) is 0.455. The molecule has 6 heteroatoms. The summed E-state index contributed by atoms with van der Waals surface area (Å²) in [4.78, 5) is 10.4. The van der Waals surface area contributed by atoms with Gasteiger partial charge in [0.25, 0.3) is 5.69 Å². The van der Waals surface area contributed by atoms with Crippen molar-refractivity contribution in [3.63, 3.8) is 0 Å². The van der Waals surface area contributed by atoms with Gasteiger partial charge in [0.2, 0.25) is 0 Å². The van der Waals surface area contributed by atoms with Crippen molar-refractivity contribution in [2.24, 2.45) is 0 Å². The zero-order valence-electron chi connectivity index (χ0n) is 9.94. The summed E-state index contributed by atoms with van der Waals surface area (Å²) < 4.78 is 19.0. The van der Waals surface area contributed by atoms with Gasteiger partial charge in [-0.1, -0.05) is 0 Å². The van der Waals surface area contributed by atoms with E-state index in [4.69, 9.17) is 4.74 Å². The van der Waals surface area contributed by atoms with Gasteiger partial charge in [0.15, 0.2) is 17.6 Å². The van der Waals surface area contributed by atoms with Crippen LogP contribution in [-0.2, 0) is 0 Å². The SMILES string of the molecule is COc1cc(C2C[N+]2(C)C)c([N+](=O)[O-])cc1F. The lowest BCUT2D eigenvalue weighted by molar-refractivity contribution is -0.772. The smallest absolute Gasteiger partial charge is 0.282 e. The largest absolute Gasteiger partial charge is 0.494 e. The number of likely N-dealkylation sites (N-methyl/N-ethyl adjacent to an activating group) is 1. The molecule has 17 heavy (non-hydrogen) atoms. The van der Waals surface area contributed by atoms with Crippen molar-refractivity contribution in [3.8, 4) is 5.75 Å². The highest BCUT2D eigenvalue weighted by atomic mass is 19.1. The van der Waals surface area contributed by atoms with Gasteiger partial charge in [0.05, 0.1) is 37.8 Å². The van der Waals surface area contributed by atoms with Gasteiger partial charge in [-0.05, 0) is 6.07 Å². The Labute approximate surface area is 98.2 Å². The average Bonchev–Trinajstić information content (AvgIpc) is 2.87. The molecule has 1 aromatic rings. The van der Waals surface area contributed by atoms with Crippen LogP contribution in [0.15, 0.2) is 12.1 Å². The molecular formula is C11H14FN2O3+. The van der Waals surface area contributed by atoms with Crippen LogP contribution in [-0.4, -0.2) is 37.2 Å². The van der Waals surface area contributed by atoms with E-state index in [0.29, 0.717) is 10.0 Å². The summed E-state index contributed by atoms with van der Waals surface area (Å²) >= 11 is 0. The van der Waals surface area contributed by atoms with Crippen molar-refractivity contribution in [3.05, 3.63) is 33.6 Å². The van der Waals surface area contributed by atoms with E-state index >= 15 is 0 Å². The van der Waals surface area contributed by atoms with Gasteiger partial charge >= 0.3 is 0 Å². The van der Waals surface area contributed by atoms with Crippen molar-refractivity contribution < 1.29 is 18.5 Å². The molecule has 1 unspecified atom stereocenters. The highest BCUT2D eigenvalue weighted by molar-refractivity contribution is 5.48. The van der Waals surface area contributed by atoms with Crippen LogP contribution in [0.3, 0.4) is 0 Å². The van der Waals surface area contributed by atoms with Crippen LogP contribution in [0.1, 0.15) is 11.6 Å². The molecule has 1 aliphatic heterocycles. The van der Waals surface area contributed by atoms with Gasteiger partial charge in [-0.3, -0.25) is 10.1 Å². The third-order valence-corrected chi connectivity index (χ3v) is 3.21. The monoisotopic (exact) mass is 241 g/mol. The Balaban J connectivity index is 2.52. The summed E-state index contributed by atoms with van der Waals surface area (Å²) in [6, 6.07) is 2.42. The summed E-state index contributed by atoms with van der Waals surface area (Å²) in [7, 11) is 5.30. The second-order valence-electron chi connectivity index (χ2n) is 4.78. The van der Waals surface area contributed by atoms with Crippen molar-refractivity contribution in [2.45, 2.75) is 6.04 Å². The van der Waals surface area contributed by atoms with Crippen molar-refractivity contribution >= 4 is 5.69 Å². The molecule has 92 valence electrons. The first-order valence-electron chi connectivity index (χ1n) is 5.21. The molecule has 0 aromatic heterocycles. The molecule has 0 spiro atoms. The first-order chi connectivity index (χ1) is 7.86. The zero-order valence-corrected chi connectivity index (χ0v) is 9.94. The molecule has 1 heterocycles. The van der Waals surface area contributed by atoms with Gasteiger partial charge < -0.3 is 9.22 Å². The van der Waals surface area contributed by atoms with Gasteiger partial charge in [-0.15, -0.1) is 0 Å². The average molecular weight is 241 g/mol. The number of rotatable bonds is 3. The summed E-state index contributed by atoms with van der Waals surface area (Å²) in [5.74, 6) is -0.647. The van der Waals surface area contributed by atoms with Crippen LogP contribution in [0.2, 0.25) is 0 Å². The lowest BCUT2D eigenvalue weighted by Crippen LogP contribution is -2.13. The Morgan fingerprint density at radius 2 is 2.12 bits per heavy atom. The second kappa shape index (κ2) is 3.66. The first-order valence-corrected chi connectivity index (χ1v) is 5.21. The van der Waals surface area contributed by atoms with Crippen LogP contribution in [0.4, 0.5) is 10.1 Å². The summed E-state index contributed by atoms with van der Waals surface area (Å²) in [6.45, 7) is 0.815. The molecule has 1 saturated heterocycles. The van der Waals surface area contributed by atoms with Crippen LogP contribution < -0.4 is 4.74 Å². The Morgan fingerprint density at radius 3 is 2.53 bits per heavy atom. The number of nitro benzene ring substituents is 1. The van der Waals surface area contributed by atoms with Crippen molar-refractivity contribution in [1.29, 1.82) is 0 Å². The minimum Gasteiger partial charge on any atom is -0.494 e. The zero-order chi connectivity index (χ0) is 12.8. The number of nitro groups is 1. The van der Waals surface area contributed by atoms with Gasteiger partial charge in [-0.2, -0.15) is 0 Å². The van der Waals surface area contributed by atoms with Gasteiger partial charge in [-0.25, -0.2) is 4.39 Å². The fourth-order valence-electron chi connectivity index (χ4n) is 2.01. The maximum atomic E-state index is 13.4. The predicted molar refractivity (Wildman–Crippen MR) is 59.3 cm³/mol. The molecule has 1 aliphatic rings. The van der Waals surface area contributed by atoms with E-state index < -0.39 is 10.7 Å². The van der Waals surface area contributed by atoms with Crippen molar-refractivity contribution in [1.82, 2.24) is 0 Å². The van der Waals surface area contributed by atoms with E-state index in [-0.39, 0.29) is 17.5 Å². The number of methoxy groups -OCH3 is 1. The number of halogens is 1. The molecular weight excluding hydrogens is 227 g/mol. The number of hydrogen-bond acceptors (Lipinski definition) is 3. The van der Waals surface area contributed by atoms with Crippen LogP contribution in [0.5, 0.6) is 5.75 Å². The number of hydrogen-bond donors (Lipinski definition) is 0. The molecule has 5 nitrogen and oxygen atoms in total. The summed E-state index contributed by atoms with van der Waals surface area (Å²) in [5.41, 5.74) is 0.371. The lowest BCUT2D eigenvalue weighted by atomic mass is 10.1. The molecule has 0 bridgehead atoms. The standard InChI is InChI=1S/C11H14FN2O3/c1-14(2)6-10(14)7-4-11(17-3)8(12)5-9(7)13(15)16/h4-5,10H,6H2,1-3H3/q+1. The van der Waals surface area contributed by atoms with Crippen molar-refractivity contribution in [2.75, 3.05) is 27.7 Å². The van der Waals surface area contributed by atoms with E-state index in [1.54, 1.807) is 0 Å². The van der Waals surface area contributed by atoms with Gasteiger partial charge in [0, 0.05) is 0 Å². The predicted octanol–water partition coefficient (Wildman–Crippen LogP) is 1.87. The minimum atomic E-state index is -0.700. The molecule has 0 aliphatic carbocycles. The van der Waals surface area contributed by atoms with Crippen LogP contribution in [0.25, 0.3) is 0 Å². The van der Waals surface area contributed by atoms with Gasteiger partial charge in [0.1, 0.15) is 6.54 Å². The first kappa shape index (κ1) is 11.8. The summed E-state index contributed by atoms with van der Waals surface area (Å²) in [5, 5.41) is 10.9. The summed E-state index contributed by atoms with van der Waals surface area (Å²) in [6.07, 6.45) is 0. The second-order valence-corrected chi connectivity index (χ2v) is 4.78. The number of quaternary nitrogens is 1. The topological polar surface area (TPSA) is 52.4 Å². The molecule has 0 N–H and O–H groups in total. The maximum absolute atomic E-state index is 13.4. The highest BCUT2D eigenvalue weighted by Crippen LogP contribution is 2.45. The molecule has 1 aromatic carbocycles. The number of ether oxygens (including phenoxy) is 1. The third-order valence-electron chi connectivity index (χ3n) is 3.21. The quantitative estimate of drug-likeness (QED) is 0.351. The van der Waals surface area contributed by atoms with E-state index in [9.17, 15) is 14.5 Å². The maximum Gasteiger partial charge on any atom is 0.282 e. The molecule has 0 radical (unpaired) electrons. The van der Waals surface area contributed by atoms with E-state index in [2.05, 4.69) is 0 Å². The Kier molecular flexibility index (Phi) is 2.54. The van der Waals surface area contributed by atoms with E-state index in [0.717, 1.165) is 12.6 Å². The molecule has 0 saturated carbocycles. The normalized spacial score (nSPS) is 21.1. The molecule has 2 rings (SSSR count). The van der Waals surface area contributed by atoms with Crippen LogP contribution >= 0.6 is 0 Å². The number of nitrogens with zero attached hydrogens (tertiary/aromatic N) is 2. The van der Waals surface area contributed by atoms with E-state index in [1.165, 1.54) is 13.2 Å². The third kappa shape index (κ3) is 1.95. The number of benzene rings is 1. The highest BCUT2D eigenvalue weighted by Gasteiger charge is 2.51. The minimum absolute atomic E-state index is 0.0462. The molecule has 1 fully saturated rings. The Morgan fingerprint density at radius 1 is 1.53 bits per heavy atom. The lowest BCUT2D eigenvalue weighted by Gasteiger charge is -2.08. The van der Waals surface area contributed by atoms with Crippen LogP contribution in [0, 0.1) is 15.9 Å². The Hall–Kier alpha value is -1.69. The molecule has 0 amide bonds. The fourth-order valence-corrected chi connectivity index (χ4v) is 2.01.